The van der Waals surface area contributed by atoms with Gasteiger partial charge in [-0.3, -0.25) is 5.32 Å². The van der Waals surface area contributed by atoms with Crippen molar-refractivity contribution in [2.24, 2.45) is 0 Å². The fourth-order valence-electron chi connectivity index (χ4n) is 1.91. The summed E-state index contributed by atoms with van der Waals surface area (Å²) in [6.07, 6.45) is 0. The van der Waals surface area contributed by atoms with Gasteiger partial charge in [0.05, 0.1) is 20.3 Å². The average Bonchev–Trinajstić information content (AvgIpc) is 2.54. The molecule has 2 N–H and O–H groups in total. The van der Waals surface area contributed by atoms with Gasteiger partial charge in [-0.05, 0) is 23.6 Å². The van der Waals surface area contributed by atoms with Gasteiger partial charge in [-0.25, -0.2) is 4.79 Å². The van der Waals surface area contributed by atoms with Crippen LogP contribution in [0.1, 0.15) is 25.3 Å². The van der Waals surface area contributed by atoms with Crippen LogP contribution in [0.15, 0.2) is 30.3 Å². The predicted molar refractivity (Wildman–Crippen MR) is 88.3 cm³/mol. The number of aromatic nitrogens is 2. The van der Waals surface area contributed by atoms with Crippen molar-refractivity contribution in [1.29, 1.82) is 0 Å². The van der Waals surface area contributed by atoms with Crippen LogP contribution in [0, 0.1) is 0 Å². The third-order valence-electron chi connectivity index (χ3n) is 3.13. The predicted octanol–water partition coefficient (Wildman–Crippen LogP) is 3.26. The minimum absolute atomic E-state index is 0.0960. The molecule has 0 atom stereocenters. The van der Waals surface area contributed by atoms with Crippen LogP contribution in [0.25, 0.3) is 0 Å². The van der Waals surface area contributed by atoms with Gasteiger partial charge in [0.25, 0.3) is 0 Å². The molecule has 2 rings (SSSR count). The Kier molecular flexibility index (Phi) is 5.35. The van der Waals surface area contributed by atoms with Crippen molar-refractivity contribution >= 4 is 17.7 Å². The first-order chi connectivity index (χ1) is 11.0. The molecule has 7 nitrogen and oxygen atoms in total. The smallest absolute Gasteiger partial charge is 0.326 e. The fourth-order valence-corrected chi connectivity index (χ4v) is 1.91. The van der Waals surface area contributed by atoms with E-state index in [1.165, 1.54) is 20.3 Å². The quantitative estimate of drug-likeness (QED) is 0.884. The lowest BCUT2D eigenvalue weighted by molar-refractivity contribution is 0.262. The number of anilines is 2. The maximum Gasteiger partial charge on any atom is 0.326 e. The molecule has 1 heterocycles. The SMILES string of the molecule is COc1cc(OC)nc(NC(=O)Nc2cccc(C(C)C)c2)n1. The summed E-state index contributed by atoms with van der Waals surface area (Å²) in [7, 11) is 2.95. The molecule has 0 bridgehead atoms. The van der Waals surface area contributed by atoms with Crippen LogP contribution in [0.4, 0.5) is 16.4 Å². The van der Waals surface area contributed by atoms with E-state index in [0.717, 1.165) is 5.56 Å². The van der Waals surface area contributed by atoms with Gasteiger partial charge in [-0.1, -0.05) is 26.0 Å². The van der Waals surface area contributed by atoms with Gasteiger partial charge in [0.2, 0.25) is 17.7 Å². The van der Waals surface area contributed by atoms with Crippen LogP contribution >= 0.6 is 0 Å². The maximum absolute atomic E-state index is 12.1. The van der Waals surface area contributed by atoms with Crippen molar-refractivity contribution in [1.82, 2.24) is 9.97 Å². The third kappa shape index (κ3) is 4.57. The Hall–Kier alpha value is -2.83. The summed E-state index contributed by atoms with van der Waals surface area (Å²) in [5, 5.41) is 5.31. The first-order valence-corrected chi connectivity index (χ1v) is 7.17. The van der Waals surface area contributed by atoms with Crippen molar-refractivity contribution in [3.05, 3.63) is 35.9 Å². The summed E-state index contributed by atoms with van der Waals surface area (Å²) in [6, 6.07) is 8.74. The van der Waals surface area contributed by atoms with E-state index in [1.54, 1.807) is 0 Å². The molecular formula is C16H20N4O3. The zero-order valence-electron chi connectivity index (χ0n) is 13.6. The number of rotatable bonds is 5. The number of nitrogens with one attached hydrogen (secondary N) is 2. The molecule has 1 aromatic carbocycles. The highest BCUT2D eigenvalue weighted by molar-refractivity contribution is 5.98. The average molecular weight is 316 g/mol. The van der Waals surface area contributed by atoms with E-state index >= 15 is 0 Å². The second-order valence-electron chi connectivity index (χ2n) is 5.14. The molecule has 0 saturated carbocycles. The molecule has 2 aromatic rings. The van der Waals surface area contributed by atoms with Gasteiger partial charge in [0.15, 0.2) is 0 Å². The van der Waals surface area contributed by atoms with Crippen LogP contribution in [-0.2, 0) is 0 Å². The number of hydrogen-bond acceptors (Lipinski definition) is 5. The van der Waals surface area contributed by atoms with E-state index in [0.29, 0.717) is 23.4 Å². The van der Waals surface area contributed by atoms with Gasteiger partial charge in [0.1, 0.15) is 0 Å². The number of ether oxygens (including phenoxy) is 2. The Balaban J connectivity index is 2.09. The lowest BCUT2D eigenvalue weighted by atomic mass is 10.0. The van der Waals surface area contributed by atoms with E-state index in [2.05, 4.69) is 34.4 Å². The first kappa shape index (κ1) is 16.5. The summed E-state index contributed by atoms with van der Waals surface area (Å²) in [5.74, 6) is 1.08. The molecule has 1 aromatic heterocycles. The van der Waals surface area contributed by atoms with Crippen LogP contribution in [0.2, 0.25) is 0 Å². The van der Waals surface area contributed by atoms with Crippen molar-refractivity contribution in [2.75, 3.05) is 24.9 Å². The Morgan fingerprint density at radius 1 is 1.04 bits per heavy atom. The zero-order valence-corrected chi connectivity index (χ0v) is 13.6. The van der Waals surface area contributed by atoms with E-state index in [-0.39, 0.29) is 5.95 Å². The minimum atomic E-state index is -0.443. The number of amides is 2. The molecular weight excluding hydrogens is 296 g/mol. The lowest BCUT2D eigenvalue weighted by Gasteiger charge is -2.11. The summed E-state index contributed by atoms with van der Waals surface area (Å²) < 4.78 is 10.1. The normalized spacial score (nSPS) is 10.3. The Morgan fingerprint density at radius 2 is 1.70 bits per heavy atom. The molecule has 0 fully saturated rings. The monoisotopic (exact) mass is 316 g/mol. The largest absolute Gasteiger partial charge is 0.481 e. The molecule has 2 amide bonds. The molecule has 0 unspecified atom stereocenters. The topological polar surface area (TPSA) is 85.4 Å². The Labute approximate surface area is 135 Å². The highest BCUT2D eigenvalue weighted by Crippen LogP contribution is 2.19. The summed E-state index contributed by atoms with van der Waals surface area (Å²) in [5.41, 5.74) is 1.84. The number of benzene rings is 1. The molecule has 0 radical (unpaired) electrons. The van der Waals surface area contributed by atoms with Crippen LogP contribution in [-0.4, -0.2) is 30.2 Å². The van der Waals surface area contributed by atoms with Gasteiger partial charge in [0, 0.05) is 5.69 Å². The van der Waals surface area contributed by atoms with Gasteiger partial charge in [-0.2, -0.15) is 9.97 Å². The lowest BCUT2D eigenvalue weighted by Crippen LogP contribution is -2.21. The number of carbonyl (C=O) groups excluding carboxylic acids is 1. The minimum Gasteiger partial charge on any atom is -0.481 e. The van der Waals surface area contributed by atoms with Crippen molar-refractivity contribution in [3.8, 4) is 11.8 Å². The first-order valence-electron chi connectivity index (χ1n) is 7.17. The van der Waals surface area contributed by atoms with Gasteiger partial charge >= 0.3 is 6.03 Å². The molecule has 0 saturated heterocycles. The van der Waals surface area contributed by atoms with Crippen molar-refractivity contribution < 1.29 is 14.3 Å². The molecule has 0 aliphatic carbocycles. The Bertz CT molecular complexity index is 667. The van der Waals surface area contributed by atoms with E-state index in [4.69, 9.17) is 9.47 Å². The highest BCUT2D eigenvalue weighted by atomic mass is 16.5. The highest BCUT2D eigenvalue weighted by Gasteiger charge is 2.10. The van der Waals surface area contributed by atoms with Crippen LogP contribution in [0.5, 0.6) is 11.8 Å². The van der Waals surface area contributed by atoms with E-state index < -0.39 is 6.03 Å². The standard InChI is InChI=1S/C16H20N4O3/c1-10(2)11-6-5-7-12(8-11)17-16(21)20-15-18-13(22-3)9-14(19-15)23-4/h5-10H,1-4H3,(H2,17,18,19,20,21). The number of hydrogen-bond donors (Lipinski definition) is 2. The summed E-state index contributed by atoms with van der Waals surface area (Å²) in [4.78, 5) is 20.2. The molecule has 23 heavy (non-hydrogen) atoms. The summed E-state index contributed by atoms with van der Waals surface area (Å²) in [6.45, 7) is 4.19. The second kappa shape index (κ2) is 7.44. The summed E-state index contributed by atoms with van der Waals surface area (Å²) >= 11 is 0. The van der Waals surface area contributed by atoms with Gasteiger partial charge in [-0.15, -0.1) is 0 Å². The number of methoxy groups -OCH3 is 2. The fraction of sp³-hybridized carbons (Fsp3) is 0.312. The molecule has 7 heteroatoms. The second-order valence-corrected chi connectivity index (χ2v) is 5.14. The van der Waals surface area contributed by atoms with Crippen LogP contribution < -0.4 is 20.1 Å². The zero-order chi connectivity index (χ0) is 16.8. The molecule has 0 spiro atoms. The third-order valence-corrected chi connectivity index (χ3v) is 3.13. The molecule has 0 aliphatic heterocycles. The number of nitrogens with zero attached hydrogens (tertiary/aromatic N) is 2. The molecule has 122 valence electrons. The number of urea groups is 1. The van der Waals surface area contributed by atoms with Crippen LogP contribution in [0.3, 0.4) is 0 Å². The van der Waals surface area contributed by atoms with E-state index in [9.17, 15) is 4.79 Å². The van der Waals surface area contributed by atoms with Crippen molar-refractivity contribution in [3.63, 3.8) is 0 Å². The van der Waals surface area contributed by atoms with Crippen molar-refractivity contribution in [2.45, 2.75) is 19.8 Å². The Morgan fingerprint density at radius 3 is 2.26 bits per heavy atom. The number of carbonyl (C=O) groups is 1. The van der Waals surface area contributed by atoms with Gasteiger partial charge < -0.3 is 14.8 Å². The molecule has 0 aliphatic rings. The van der Waals surface area contributed by atoms with E-state index in [1.807, 2.05) is 24.3 Å². The maximum atomic E-state index is 12.1.